The number of hydrogen-bond acceptors (Lipinski definition) is 2. The molecule has 0 atom stereocenters. The Morgan fingerprint density at radius 3 is 2.39 bits per heavy atom. The molecule has 0 aliphatic heterocycles. The molecule has 0 saturated heterocycles. The third kappa shape index (κ3) is 2.41. The summed E-state index contributed by atoms with van der Waals surface area (Å²) < 4.78 is 2.90. The van der Waals surface area contributed by atoms with Crippen molar-refractivity contribution in [1.82, 2.24) is 9.55 Å². The summed E-state index contributed by atoms with van der Waals surface area (Å²) in [6.07, 6.45) is 0. The Hall–Kier alpha value is -2.59. The lowest BCUT2D eigenvalue weighted by molar-refractivity contribution is 0.476. The Morgan fingerprint density at radius 1 is 0.870 bits per heavy atom. The summed E-state index contributed by atoms with van der Waals surface area (Å²) in [7, 11) is 0. The topological polar surface area (TPSA) is 38.1 Å². The molecule has 0 aliphatic carbocycles. The summed E-state index contributed by atoms with van der Waals surface area (Å²) in [6, 6.07) is 23.5. The molecular weight excluding hydrogens is 352 g/mol. The summed E-state index contributed by atoms with van der Waals surface area (Å²) >= 11 is 3.38. The highest BCUT2D eigenvalue weighted by Gasteiger charge is 2.16. The summed E-state index contributed by atoms with van der Waals surface area (Å²) in [5.74, 6) is 0.925. The Balaban J connectivity index is 2.07. The first-order chi connectivity index (χ1) is 11.2. The average Bonchev–Trinajstić information content (AvgIpc) is 2.94. The highest BCUT2D eigenvalue weighted by atomic mass is 79.9. The Labute approximate surface area is 142 Å². The first kappa shape index (κ1) is 14.0. The molecule has 23 heavy (non-hydrogen) atoms. The van der Waals surface area contributed by atoms with Gasteiger partial charge in [0.1, 0.15) is 11.6 Å². The summed E-state index contributed by atoms with van der Waals surface area (Å²) in [5.41, 5.74) is 3.62. The normalized spacial score (nSPS) is 11.0. The first-order valence-electron chi connectivity index (χ1n) is 7.26. The summed E-state index contributed by atoms with van der Waals surface area (Å²) in [5, 5.41) is 10.4. The van der Waals surface area contributed by atoms with Gasteiger partial charge in [-0.1, -0.05) is 46.3 Å². The molecule has 0 radical (unpaired) electrons. The van der Waals surface area contributed by atoms with Crippen LogP contribution in [0.2, 0.25) is 0 Å². The van der Waals surface area contributed by atoms with Gasteiger partial charge in [-0.2, -0.15) is 0 Å². The van der Waals surface area contributed by atoms with Gasteiger partial charge in [0, 0.05) is 10.2 Å². The van der Waals surface area contributed by atoms with Crippen LogP contribution in [0.3, 0.4) is 0 Å². The lowest BCUT2D eigenvalue weighted by Gasteiger charge is -2.10. The van der Waals surface area contributed by atoms with Crippen LogP contribution in [0.25, 0.3) is 28.1 Å². The summed E-state index contributed by atoms with van der Waals surface area (Å²) in [4.78, 5) is 4.74. The van der Waals surface area contributed by atoms with E-state index >= 15 is 0 Å². The molecule has 0 aliphatic rings. The van der Waals surface area contributed by atoms with Crippen molar-refractivity contribution >= 4 is 27.0 Å². The van der Waals surface area contributed by atoms with E-state index in [1.165, 1.54) is 0 Å². The SMILES string of the molecule is Oc1cc(Br)ccc1-c1nc2ccccc2n1-c1ccccc1. The van der Waals surface area contributed by atoms with Crippen LogP contribution >= 0.6 is 15.9 Å². The number of para-hydroxylation sites is 3. The second kappa shape index (κ2) is 5.56. The number of benzene rings is 3. The predicted octanol–water partition coefficient (Wildman–Crippen LogP) is 5.16. The number of hydrogen-bond donors (Lipinski definition) is 1. The maximum absolute atomic E-state index is 10.4. The van der Waals surface area contributed by atoms with E-state index in [1.54, 1.807) is 6.07 Å². The van der Waals surface area contributed by atoms with Gasteiger partial charge >= 0.3 is 0 Å². The van der Waals surface area contributed by atoms with Gasteiger partial charge in [0.2, 0.25) is 0 Å². The molecule has 3 nitrogen and oxygen atoms in total. The monoisotopic (exact) mass is 364 g/mol. The van der Waals surface area contributed by atoms with E-state index in [0.717, 1.165) is 27.0 Å². The molecule has 0 bridgehead atoms. The minimum atomic E-state index is 0.201. The molecular formula is C19H13BrN2O. The van der Waals surface area contributed by atoms with Crippen molar-refractivity contribution in [1.29, 1.82) is 0 Å². The molecule has 0 unspecified atom stereocenters. The Kier molecular flexibility index (Phi) is 3.39. The van der Waals surface area contributed by atoms with Crippen LogP contribution in [-0.2, 0) is 0 Å². The number of phenolic OH excluding ortho intramolecular Hbond substituents is 1. The van der Waals surface area contributed by atoms with Crippen molar-refractivity contribution in [2.24, 2.45) is 0 Å². The van der Waals surface area contributed by atoms with Gasteiger partial charge in [-0.05, 0) is 42.5 Å². The fourth-order valence-corrected chi connectivity index (χ4v) is 3.09. The molecule has 4 heteroatoms. The minimum absolute atomic E-state index is 0.201. The molecule has 1 N–H and O–H groups in total. The van der Waals surface area contributed by atoms with Gasteiger partial charge in [0.25, 0.3) is 0 Å². The zero-order valence-electron chi connectivity index (χ0n) is 12.1. The van der Waals surface area contributed by atoms with Crippen LogP contribution in [0.1, 0.15) is 0 Å². The third-order valence-electron chi connectivity index (χ3n) is 3.78. The van der Waals surface area contributed by atoms with E-state index in [-0.39, 0.29) is 5.75 Å². The lowest BCUT2D eigenvalue weighted by Crippen LogP contribution is -1.97. The fourth-order valence-electron chi connectivity index (χ4n) is 2.74. The zero-order valence-corrected chi connectivity index (χ0v) is 13.7. The van der Waals surface area contributed by atoms with E-state index < -0.39 is 0 Å². The number of nitrogens with zero attached hydrogens (tertiary/aromatic N) is 2. The van der Waals surface area contributed by atoms with Crippen LogP contribution in [0, 0.1) is 0 Å². The fraction of sp³-hybridized carbons (Fsp3) is 0. The van der Waals surface area contributed by atoms with Crippen molar-refractivity contribution in [2.45, 2.75) is 0 Å². The molecule has 1 aromatic heterocycles. The van der Waals surface area contributed by atoms with Crippen LogP contribution < -0.4 is 0 Å². The average molecular weight is 365 g/mol. The molecule has 3 aromatic carbocycles. The van der Waals surface area contributed by atoms with Crippen molar-refractivity contribution in [3.63, 3.8) is 0 Å². The van der Waals surface area contributed by atoms with Gasteiger partial charge in [-0.3, -0.25) is 4.57 Å². The van der Waals surface area contributed by atoms with Gasteiger partial charge in [0.15, 0.2) is 0 Å². The number of phenols is 1. The van der Waals surface area contributed by atoms with Gasteiger partial charge in [-0.25, -0.2) is 4.98 Å². The second-order valence-electron chi connectivity index (χ2n) is 5.26. The molecule has 0 saturated carbocycles. The van der Waals surface area contributed by atoms with Crippen LogP contribution in [0.5, 0.6) is 5.75 Å². The van der Waals surface area contributed by atoms with Crippen molar-refractivity contribution in [3.05, 3.63) is 77.3 Å². The van der Waals surface area contributed by atoms with Gasteiger partial charge < -0.3 is 5.11 Å². The number of rotatable bonds is 2. The number of aromatic nitrogens is 2. The van der Waals surface area contributed by atoms with E-state index in [0.29, 0.717) is 5.56 Å². The third-order valence-corrected chi connectivity index (χ3v) is 4.27. The van der Waals surface area contributed by atoms with E-state index in [4.69, 9.17) is 4.98 Å². The molecule has 0 spiro atoms. The standard InChI is InChI=1S/C19H13BrN2O/c20-13-10-11-15(18(23)12-13)19-21-16-8-4-5-9-17(16)22(19)14-6-2-1-3-7-14/h1-12,23H. The molecule has 4 aromatic rings. The maximum atomic E-state index is 10.4. The minimum Gasteiger partial charge on any atom is -0.507 e. The number of imidazole rings is 1. The molecule has 112 valence electrons. The van der Waals surface area contributed by atoms with E-state index in [2.05, 4.69) is 20.5 Å². The van der Waals surface area contributed by atoms with E-state index in [1.807, 2.05) is 66.7 Å². The molecule has 0 fully saturated rings. The molecule has 1 heterocycles. The Morgan fingerprint density at radius 2 is 1.61 bits per heavy atom. The van der Waals surface area contributed by atoms with Crippen molar-refractivity contribution < 1.29 is 5.11 Å². The van der Waals surface area contributed by atoms with Gasteiger partial charge in [-0.15, -0.1) is 0 Å². The predicted molar refractivity (Wildman–Crippen MR) is 95.9 cm³/mol. The smallest absolute Gasteiger partial charge is 0.149 e. The highest BCUT2D eigenvalue weighted by Crippen LogP contribution is 2.34. The first-order valence-corrected chi connectivity index (χ1v) is 8.05. The molecule has 0 amide bonds. The summed E-state index contributed by atoms with van der Waals surface area (Å²) in [6.45, 7) is 0. The highest BCUT2D eigenvalue weighted by molar-refractivity contribution is 9.10. The largest absolute Gasteiger partial charge is 0.507 e. The number of halogens is 1. The van der Waals surface area contributed by atoms with Crippen molar-refractivity contribution in [2.75, 3.05) is 0 Å². The second-order valence-corrected chi connectivity index (χ2v) is 6.17. The molecule has 4 rings (SSSR count). The van der Waals surface area contributed by atoms with Crippen LogP contribution in [0.15, 0.2) is 77.3 Å². The quantitative estimate of drug-likeness (QED) is 0.533. The van der Waals surface area contributed by atoms with E-state index in [9.17, 15) is 5.11 Å². The Bertz CT molecular complexity index is 993. The maximum Gasteiger partial charge on any atom is 0.149 e. The van der Waals surface area contributed by atoms with Crippen LogP contribution in [0.4, 0.5) is 0 Å². The zero-order chi connectivity index (χ0) is 15.8. The van der Waals surface area contributed by atoms with Crippen molar-refractivity contribution in [3.8, 4) is 22.8 Å². The lowest BCUT2D eigenvalue weighted by atomic mass is 10.2. The number of fused-ring (bicyclic) bond motifs is 1. The number of aromatic hydroxyl groups is 1. The van der Waals surface area contributed by atoms with Crippen LogP contribution in [-0.4, -0.2) is 14.7 Å². The van der Waals surface area contributed by atoms with Gasteiger partial charge in [0.05, 0.1) is 16.6 Å².